The first kappa shape index (κ1) is 15.2. The average molecular weight is 321 g/mol. The standard InChI is InChI=1S/C15H21ClN6/c1-8-11-13(17)20-15(19-10-4-6-22(3)7-5-10)21-14(11)18-9(2)12(8)16/h10H,4-7H2,1-3H3,(H3,17,18,19,20,21). The third-order valence-electron chi connectivity index (χ3n) is 4.27. The summed E-state index contributed by atoms with van der Waals surface area (Å²) in [5.41, 5.74) is 8.35. The summed E-state index contributed by atoms with van der Waals surface area (Å²) >= 11 is 6.24. The van der Waals surface area contributed by atoms with Gasteiger partial charge in [0.2, 0.25) is 5.95 Å². The molecule has 0 amide bonds. The van der Waals surface area contributed by atoms with Crippen molar-refractivity contribution in [3.05, 3.63) is 16.3 Å². The molecule has 22 heavy (non-hydrogen) atoms. The Morgan fingerprint density at radius 3 is 2.55 bits per heavy atom. The van der Waals surface area contributed by atoms with Gasteiger partial charge < -0.3 is 16.0 Å². The smallest absolute Gasteiger partial charge is 0.226 e. The number of fused-ring (bicyclic) bond motifs is 1. The molecule has 0 unspecified atom stereocenters. The maximum absolute atomic E-state index is 6.24. The van der Waals surface area contributed by atoms with Gasteiger partial charge in [-0.05, 0) is 52.4 Å². The highest BCUT2D eigenvalue weighted by molar-refractivity contribution is 6.33. The van der Waals surface area contributed by atoms with Crippen LogP contribution in [0.4, 0.5) is 11.8 Å². The molecular weight excluding hydrogens is 300 g/mol. The number of nitrogens with two attached hydrogens (primary N) is 1. The fourth-order valence-corrected chi connectivity index (χ4v) is 3.03. The lowest BCUT2D eigenvalue weighted by atomic mass is 10.1. The molecule has 0 saturated carbocycles. The molecule has 3 rings (SSSR count). The second-order valence-electron chi connectivity index (χ2n) is 5.99. The molecule has 0 aliphatic carbocycles. The molecule has 118 valence electrons. The fourth-order valence-electron chi connectivity index (χ4n) is 2.90. The Morgan fingerprint density at radius 2 is 1.86 bits per heavy atom. The number of aromatic nitrogens is 3. The molecule has 0 atom stereocenters. The zero-order valence-electron chi connectivity index (χ0n) is 13.1. The number of aryl methyl sites for hydroxylation is 2. The number of piperidine rings is 1. The first-order valence-electron chi connectivity index (χ1n) is 7.50. The van der Waals surface area contributed by atoms with Crippen LogP contribution in [0.3, 0.4) is 0 Å². The van der Waals surface area contributed by atoms with Crippen LogP contribution < -0.4 is 11.1 Å². The first-order chi connectivity index (χ1) is 10.5. The van der Waals surface area contributed by atoms with Crippen LogP contribution in [0.2, 0.25) is 5.02 Å². The Labute approximate surface area is 135 Å². The number of nitrogen functional groups attached to an aromatic ring is 1. The Bertz CT molecular complexity index is 709. The predicted octanol–water partition coefficient (Wildman–Crippen LogP) is 2.38. The van der Waals surface area contributed by atoms with Crippen LogP contribution in [0, 0.1) is 13.8 Å². The Balaban J connectivity index is 1.94. The zero-order chi connectivity index (χ0) is 15.9. The van der Waals surface area contributed by atoms with Crippen molar-refractivity contribution in [3.8, 4) is 0 Å². The van der Waals surface area contributed by atoms with Crippen LogP contribution in [0.25, 0.3) is 11.0 Å². The van der Waals surface area contributed by atoms with Gasteiger partial charge in [-0.2, -0.15) is 9.97 Å². The Hall–Kier alpha value is -1.66. The third-order valence-corrected chi connectivity index (χ3v) is 4.82. The van der Waals surface area contributed by atoms with E-state index in [0.29, 0.717) is 28.5 Å². The van der Waals surface area contributed by atoms with Gasteiger partial charge in [-0.15, -0.1) is 0 Å². The van der Waals surface area contributed by atoms with E-state index in [1.807, 2.05) is 13.8 Å². The van der Waals surface area contributed by atoms with Gasteiger partial charge in [0.1, 0.15) is 5.82 Å². The monoisotopic (exact) mass is 320 g/mol. The summed E-state index contributed by atoms with van der Waals surface area (Å²) in [6.45, 7) is 5.94. The van der Waals surface area contributed by atoms with E-state index in [1.54, 1.807) is 0 Å². The van der Waals surface area contributed by atoms with E-state index in [2.05, 4.69) is 32.2 Å². The molecule has 2 aromatic heterocycles. The van der Waals surface area contributed by atoms with Gasteiger partial charge in [-0.1, -0.05) is 11.6 Å². The second kappa shape index (κ2) is 5.85. The van der Waals surface area contributed by atoms with Crippen molar-refractivity contribution in [2.45, 2.75) is 32.7 Å². The summed E-state index contributed by atoms with van der Waals surface area (Å²) in [6, 6.07) is 0.377. The van der Waals surface area contributed by atoms with Crippen LogP contribution in [-0.2, 0) is 0 Å². The van der Waals surface area contributed by atoms with Gasteiger partial charge in [0.15, 0.2) is 5.65 Å². The highest BCUT2D eigenvalue weighted by Crippen LogP contribution is 2.29. The number of hydrogen-bond donors (Lipinski definition) is 2. The lowest BCUT2D eigenvalue weighted by molar-refractivity contribution is 0.263. The van der Waals surface area contributed by atoms with E-state index in [1.165, 1.54) is 0 Å². The molecule has 0 spiro atoms. The SMILES string of the molecule is Cc1nc2nc(NC3CCN(C)CC3)nc(N)c2c(C)c1Cl. The summed E-state index contributed by atoms with van der Waals surface area (Å²) < 4.78 is 0. The van der Waals surface area contributed by atoms with Crippen molar-refractivity contribution in [2.75, 3.05) is 31.2 Å². The Morgan fingerprint density at radius 1 is 1.18 bits per heavy atom. The molecular formula is C15H21ClN6. The van der Waals surface area contributed by atoms with Gasteiger partial charge in [-0.3, -0.25) is 0 Å². The van der Waals surface area contributed by atoms with E-state index >= 15 is 0 Å². The molecule has 1 fully saturated rings. The summed E-state index contributed by atoms with van der Waals surface area (Å²) in [5.74, 6) is 0.973. The highest BCUT2D eigenvalue weighted by atomic mass is 35.5. The maximum atomic E-state index is 6.24. The van der Waals surface area contributed by atoms with Crippen molar-refractivity contribution in [1.29, 1.82) is 0 Å². The van der Waals surface area contributed by atoms with Crippen molar-refractivity contribution in [3.63, 3.8) is 0 Å². The molecule has 2 aromatic rings. The van der Waals surface area contributed by atoms with Crippen molar-refractivity contribution in [1.82, 2.24) is 19.9 Å². The van der Waals surface area contributed by atoms with E-state index in [-0.39, 0.29) is 0 Å². The van der Waals surface area contributed by atoms with Crippen molar-refractivity contribution in [2.24, 2.45) is 0 Å². The van der Waals surface area contributed by atoms with Gasteiger partial charge in [0.25, 0.3) is 0 Å². The number of rotatable bonds is 2. The zero-order valence-corrected chi connectivity index (χ0v) is 13.9. The number of hydrogen-bond acceptors (Lipinski definition) is 6. The molecule has 1 aliphatic heterocycles. The number of nitrogens with zero attached hydrogens (tertiary/aromatic N) is 4. The van der Waals surface area contributed by atoms with Crippen LogP contribution in [0.1, 0.15) is 24.1 Å². The van der Waals surface area contributed by atoms with Crippen molar-refractivity contribution < 1.29 is 0 Å². The molecule has 1 aliphatic rings. The summed E-state index contributed by atoms with van der Waals surface area (Å²) in [5, 5.41) is 4.75. The average Bonchev–Trinajstić information content (AvgIpc) is 2.47. The van der Waals surface area contributed by atoms with Crippen LogP contribution in [0.15, 0.2) is 0 Å². The normalized spacial score (nSPS) is 17.1. The number of halogens is 1. The lowest BCUT2D eigenvalue weighted by Crippen LogP contribution is -2.37. The summed E-state index contributed by atoms with van der Waals surface area (Å²) in [7, 11) is 2.14. The van der Waals surface area contributed by atoms with Gasteiger partial charge >= 0.3 is 0 Å². The maximum Gasteiger partial charge on any atom is 0.226 e. The minimum atomic E-state index is 0.377. The molecule has 3 heterocycles. The summed E-state index contributed by atoms with van der Waals surface area (Å²) in [6.07, 6.45) is 2.15. The van der Waals surface area contributed by atoms with Crippen molar-refractivity contribution >= 4 is 34.4 Å². The molecule has 6 nitrogen and oxygen atoms in total. The third kappa shape index (κ3) is 2.80. The van der Waals surface area contributed by atoms with E-state index in [9.17, 15) is 0 Å². The first-order valence-corrected chi connectivity index (χ1v) is 7.88. The fraction of sp³-hybridized carbons (Fsp3) is 0.533. The number of nitrogens with one attached hydrogen (secondary N) is 1. The minimum Gasteiger partial charge on any atom is -0.383 e. The molecule has 1 saturated heterocycles. The number of likely N-dealkylation sites (tertiary alicyclic amines) is 1. The minimum absolute atomic E-state index is 0.377. The van der Waals surface area contributed by atoms with Crippen LogP contribution in [0.5, 0.6) is 0 Å². The second-order valence-corrected chi connectivity index (χ2v) is 6.37. The van der Waals surface area contributed by atoms with E-state index < -0.39 is 0 Å². The molecule has 0 aromatic carbocycles. The van der Waals surface area contributed by atoms with E-state index in [0.717, 1.165) is 42.6 Å². The highest BCUT2D eigenvalue weighted by Gasteiger charge is 2.19. The predicted molar refractivity (Wildman–Crippen MR) is 90.4 cm³/mol. The van der Waals surface area contributed by atoms with Crippen LogP contribution in [-0.4, -0.2) is 46.0 Å². The summed E-state index contributed by atoms with van der Waals surface area (Å²) in [4.78, 5) is 15.7. The number of anilines is 2. The van der Waals surface area contributed by atoms with Crippen LogP contribution >= 0.6 is 11.6 Å². The van der Waals surface area contributed by atoms with Gasteiger partial charge in [-0.25, -0.2) is 4.98 Å². The number of pyridine rings is 1. The quantitative estimate of drug-likeness (QED) is 0.884. The van der Waals surface area contributed by atoms with E-state index in [4.69, 9.17) is 17.3 Å². The Kier molecular flexibility index (Phi) is 4.06. The molecule has 7 heteroatoms. The lowest BCUT2D eigenvalue weighted by Gasteiger charge is -2.29. The molecule has 0 radical (unpaired) electrons. The van der Waals surface area contributed by atoms with Gasteiger partial charge in [0.05, 0.1) is 16.1 Å². The molecule has 3 N–H and O–H groups in total. The topological polar surface area (TPSA) is 80.0 Å². The largest absolute Gasteiger partial charge is 0.383 e. The van der Waals surface area contributed by atoms with Gasteiger partial charge in [0, 0.05) is 6.04 Å². The molecule has 0 bridgehead atoms.